The van der Waals surface area contributed by atoms with Crippen molar-refractivity contribution in [1.82, 2.24) is 15.0 Å². The number of hydrogen-bond acceptors (Lipinski definition) is 5. The molecule has 0 unspecified atom stereocenters. The van der Waals surface area contributed by atoms with E-state index in [0.717, 1.165) is 23.3 Å². The van der Waals surface area contributed by atoms with Gasteiger partial charge >= 0.3 is 6.18 Å². The Morgan fingerprint density at radius 1 is 1.00 bits per heavy atom. The first-order valence-corrected chi connectivity index (χ1v) is 10.1. The van der Waals surface area contributed by atoms with E-state index < -0.39 is 11.7 Å². The maximum Gasteiger partial charge on any atom is 0.416 e. The maximum atomic E-state index is 13.0. The van der Waals surface area contributed by atoms with Crippen molar-refractivity contribution in [3.05, 3.63) is 89.4 Å². The molecule has 6 nitrogen and oxygen atoms in total. The molecule has 1 atom stereocenters. The number of rotatable bonds is 5. The number of aromatic nitrogens is 3. The zero-order valence-electron chi connectivity index (χ0n) is 17.8. The summed E-state index contributed by atoms with van der Waals surface area (Å²) < 4.78 is 39.0. The molecular formula is C24H20F3N5O. The number of amides is 1. The molecule has 0 saturated heterocycles. The molecule has 2 heterocycles. The lowest BCUT2D eigenvalue weighted by Crippen LogP contribution is -2.13. The zero-order chi connectivity index (χ0) is 23.6. The van der Waals surface area contributed by atoms with E-state index >= 15 is 0 Å². The van der Waals surface area contributed by atoms with Crippen LogP contribution in [0.4, 0.5) is 24.7 Å². The Kier molecular flexibility index (Phi) is 5.95. The van der Waals surface area contributed by atoms with Crippen molar-refractivity contribution in [3.8, 4) is 0 Å². The normalized spacial score (nSPS) is 12.4. The van der Waals surface area contributed by atoms with Gasteiger partial charge in [0.25, 0.3) is 5.91 Å². The third kappa shape index (κ3) is 5.25. The van der Waals surface area contributed by atoms with Crippen molar-refractivity contribution >= 4 is 28.4 Å². The van der Waals surface area contributed by atoms with Gasteiger partial charge in [0.2, 0.25) is 0 Å². The van der Waals surface area contributed by atoms with E-state index in [9.17, 15) is 18.0 Å². The summed E-state index contributed by atoms with van der Waals surface area (Å²) in [6.07, 6.45) is 0.192. The van der Waals surface area contributed by atoms with Crippen LogP contribution in [-0.2, 0) is 6.18 Å². The lowest BCUT2D eigenvalue weighted by atomic mass is 10.1. The Morgan fingerprint density at radius 3 is 2.58 bits per heavy atom. The number of aryl methyl sites for hydroxylation is 1. The molecule has 0 aliphatic rings. The third-order valence-corrected chi connectivity index (χ3v) is 5.02. The minimum absolute atomic E-state index is 0.148. The topological polar surface area (TPSA) is 79.8 Å². The summed E-state index contributed by atoms with van der Waals surface area (Å²) in [6, 6.07) is 12.0. The van der Waals surface area contributed by atoms with Gasteiger partial charge in [-0.15, -0.1) is 0 Å². The molecule has 2 N–H and O–H groups in total. The number of alkyl halides is 3. The Labute approximate surface area is 187 Å². The molecule has 9 heteroatoms. The molecule has 1 amide bonds. The quantitative estimate of drug-likeness (QED) is 0.402. The predicted octanol–water partition coefficient (Wildman–Crippen LogP) is 5.78. The first kappa shape index (κ1) is 22.2. The lowest BCUT2D eigenvalue weighted by molar-refractivity contribution is -0.137. The summed E-state index contributed by atoms with van der Waals surface area (Å²) in [6.45, 7) is 3.74. The Hall–Kier alpha value is -4.01. The first-order valence-electron chi connectivity index (χ1n) is 10.1. The van der Waals surface area contributed by atoms with Gasteiger partial charge in [0.05, 0.1) is 34.4 Å². The standard InChI is InChI=1S/C24H20F3N5O/c1-14-8-17(12-28-11-14)23(33)31-19-5-3-4-16(9-19)15(2)30-22-13-29-20-7-6-18(24(25,26)27)10-21(20)32-22/h3-13,15H,1-2H3,(H,30,32)(H,31,33)/t15-/m0/s1. The highest BCUT2D eigenvalue weighted by molar-refractivity contribution is 6.04. The Balaban J connectivity index is 1.51. The van der Waals surface area contributed by atoms with Crippen molar-refractivity contribution in [3.63, 3.8) is 0 Å². The van der Waals surface area contributed by atoms with Gasteiger partial charge in [-0.1, -0.05) is 12.1 Å². The van der Waals surface area contributed by atoms with Gasteiger partial charge in [0, 0.05) is 18.1 Å². The minimum atomic E-state index is -4.45. The fourth-order valence-corrected chi connectivity index (χ4v) is 3.33. The molecule has 0 aliphatic carbocycles. The van der Waals surface area contributed by atoms with E-state index in [0.29, 0.717) is 22.6 Å². The molecule has 0 aliphatic heterocycles. The molecular weight excluding hydrogens is 431 g/mol. The number of fused-ring (bicyclic) bond motifs is 1. The summed E-state index contributed by atoms with van der Waals surface area (Å²) in [4.78, 5) is 25.0. The fourth-order valence-electron chi connectivity index (χ4n) is 3.33. The van der Waals surface area contributed by atoms with Crippen LogP contribution in [0.1, 0.15) is 40.0 Å². The van der Waals surface area contributed by atoms with E-state index in [2.05, 4.69) is 25.6 Å². The van der Waals surface area contributed by atoms with Crippen molar-refractivity contribution in [2.45, 2.75) is 26.1 Å². The van der Waals surface area contributed by atoms with Crippen LogP contribution in [0.2, 0.25) is 0 Å². The number of carbonyl (C=O) groups is 1. The van der Waals surface area contributed by atoms with E-state index in [1.54, 1.807) is 24.4 Å². The Morgan fingerprint density at radius 2 is 1.82 bits per heavy atom. The average molecular weight is 451 g/mol. The fraction of sp³-hybridized carbons (Fsp3) is 0.167. The van der Waals surface area contributed by atoms with E-state index in [1.807, 2.05) is 26.0 Å². The van der Waals surface area contributed by atoms with Crippen LogP contribution in [0.25, 0.3) is 11.0 Å². The molecule has 0 bridgehead atoms. The number of hydrogen-bond donors (Lipinski definition) is 2. The van der Waals surface area contributed by atoms with E-state index in [-0.39, 0.29) is 17.5 Å². The average Bonchev–Trinajstić information content (AvgIpc) is 2.78. The van der Waals surface area contributed by atoms with Crippen LogP contribution >= 0.6 is 0 Å². The maximum absolute atomic E-state index is 13.0. The zero-order valence-corrected chi connectivity index (χ0v) is 17.8. The van der Waals surface area contributed by atoms with Gasteiger partial charge in [-0.3, -0.25) is 14.8 Å². The van der Waals surface area contributed by atoms with Crippen LogP contribution in [0.3, 0.4) is 0 Å². The lowest BCUT2D eigenvalue weighted by Gasteiger charge is -2.16. The van der Waals surface area contributed by atoms with Crippen molar-refractivity contribution < 1.29 is 18.0 Å². The molecule has 33 heavy (non-hydrogen) atoms. The SMILES string of the molecule is Cc1cncc(C(=O)Nc2cccc([C@H](C)Nc3cnc4ccc(C(F)(F)F)cc4n3)c2)c1. The molecule has 0 fully saturated rings. The second-order valence-electron chi connectivity index (χ2n) is 7.65. The molecule has 4 rings (SSSR count). The van der Waals surface area contributed by atoms with Crippen LogP contribution in [0, 0.1) is 6.92 Å². The molecule has 4 aromatic rings. The third-order valence-electron chi connectivity index (χ3n) is 5.02. The largest absolute Gasteiger partial charge is 0.416 e. The second-order valence-corrected chi connectivity index (χ2v) is 7.65. The smallest absolute Gasteiger partial charge is 0.362 e. The molecule has 168 valence electrons. The molecule has 2 aromatic carbocycles. The van der Waals surface area contributed by atoms with Gasteiger partial charge < -0.3 is 10.6 Å². The van der Waals surface area contributed by atoms with Gasteiger partial charge in [0.15, 0.2) is 0 Å². The van der Waals surface area contributed by atoms with Gasteiger partial charge in [-0.2, -0.15) is 13.2 Å². The van der Waals surface area contributed by atoms with Gasteiger partial charge in [0.1, 0.15) is 5.82 Å². The number of halogens is 3. The van der Waals surface area contributed by atoms with Gasteiger partial charge in [-0.25, -0.2) is 4.98 Å². The van der Waals surface area contributed by atoms with Crippen LogP contribution in [0.15, 0.2) is 67.1 Å². The molecule has 0 saturated carbocycles. The molecule has 0 radical (unpaired) electrons. The number of nitrogens with one attached hydrogen (secondary N) is 2. The number of nitrogens with zero attached hydrogens (tertiary/aromatic N) is 3. The summed E-state index contributed by atoms with van der Waals surface area (Å²) in [5.74, 6) is 0.0689. The summed E-state index contributed by atoms with van der Waals surface area (Å²) in [7, 11) is 0. The van der Waals surface area contributed by atoms with E-state index in [4.69, 9.17) is 0 Å². The molecule has 0 spiro atoms. The monoisotopic (exact) mass is 451 g/mol. The summed E-state index contributed by atoms with van der Waals surface area (Å²) >= 11 is 0. The minimum Gasteiger partial charge on any atom is -0.362 e. The Bertz CT molecular complexity index is 1320. The number of pyridine rings is 1. The van der Waals surface area contributed by atoms with Crippen LogP contribution in [-0.4, -0.2) is 20.9 Å². The second kappa shape index (κ2) is 8.85. The molecule has 2 aromatic heterocycles. The van der Waals surface area contributed by atoms with Crippen molar-refractivity contribution in [2.75, 3.05) is 10.6 Å². The van der Waals surface area contributed by atoms with Crippen molar-refractivity contribution in [2.24, 2.45) is 0 Å². The first-order chi connectivity index (χ1) is 15.7. The van der Waals surface area contributed by atoms with Crippen LogP contribution in [0.5, 0.6) is 0 Å². The summed E-state index contributed by atoms with van der Waals surface area (Å²) in [5.41, 5.74) is 2.53. The predicted molar refractivity (Wildman–Crippen MR) is 120 cm³/mol. The highest BCUT2D eigenvalue weighted by atomic mass is 19.4. The number of benzene rings is 2. The van der Waals surface area contributed by atoms with Crippen LogP contribution < -0.4 is 10.6 Å². The highest BCUT2D eigenvalue weighted by Crippen LogP contribution is 2.31. The van der Waals surface area contributed by atoms with E-state index in [1.165, 1.54) is 18.5 Å². The van der Waals surface area contributed by atoms with Crippen molar-refractivity contribution in [1.29, 1.82) is 0 Å². The highest BCUT2D eigenvalue weighted by Gasteiger charge is 2.30. The van der Waals surface area contributed by atoms with Gasteiger partial charge in [-0.05, 0) is 61.4 Å². The number of anilines is 2. The number of carbonyl (C=O) groups excluding carboxylic acids is 1. The summed E-state index contributed by atoms with van der Waals surface area (Å²) in [5, 5.41) is 6.00.